The lowest BCUT2D eigenvalue weighted by Crippen LogP contribution is -2.52. The maximum Gasteiger partial charge on any atom is 0.345 e. The number of benzene rings is 3. The van der Waals surface area contributed by atoms with Crippen LogP contribution in [-0.4, -0.2) is 60.6 Å². The van der Waals surface area contributed by atoms with Gasteiger partial charge in [0.1, 0.15) is 12.3 Å². The molecule has 0 aromatic heterocycles. The van der Waals surface area contributed by atoms with Gasteiger partial charge in [-0.25, -0.2) is 9.80 Å². The molecular weight excluding hydrogens is 761 g/mol. The lowest BCUT2D eigenvalue weighted by atomic mass is 9.81. The fourth-order valence-corrected chi connectivity index (χ4v) is 6.90. The van der Waals surface area contributed by atoms with Gasteiger partial charge in [0.2, 0.25) is 0 Å². The van der Waals surface area contributed by atoms with Crippen LogP contribution < -0.4 is 4.74 Å². The van der Waals surface area contributed by atoms with Crippen molar-refractivity contribution >= 4 is 90.2 Å². The van der Waals surface area contributed by atoms with Crippen LogP contribution in [0.2, 0.25) is 10.0 Å². The average Bonchev–Trinajstić information content (AvgIpc) is 3.24. The molecule has 1 saturated carbocycles. The van der Waals surface area contributed by atoms with E-state index >= 15 is 0 Å². The van der Waals surface area contributed by atoms with Gasteiger partial charge in [0.25, 0.3) is 23.4 Å². The van der Waals surface area contributed by atoms with E-state index in [1.54, 1.807) is 0 Å². The maximum atomic E-state index is 13.7. The topological polar surface area (TPSA) is 144 Å². The summed E-state index contributed by atoms with van der Waals surface area (Å²) in [6.45, 7) is -0.693. The first-order valence-electron chi connectivity index (χ1n) is 13.4. The van der Waals surface area contributed by atoms with Crippen LogP contribution >= 0.6 is 55.1 Å². The predicted molar refractivity (Wildman–Crippen MR) is 170 cm³/mol. The van der Waals surface area contributed by atoms with Crippen LogP contribution in [0.1, 0.15) is 43.9 Å². The third kappa shape index (κ3) is 6.81. The van der Waals surface area contributed by atoms with Crippen molar-refractivity contribution in [1.29, 1.82) is 0 Å². The summed E-state index contributed by atoms with van der Waals surface area (Å²) in [6.07, 6.45) is 0.688. The van der Waals surface area contributed by atoms with Gasteiger partial charge in [-0.3, -0.25) is 29.3 Å². The molecule has 1 aliphatic heterocycles. The Balaban J connectivity index is 1.39. The lowest BCUT2D eigenvalue weighted by Gasteiger charge is -2.30. The zero-order valence-corrected chi connectivity index (χ0v) is 27.6. The maximum absolute atomic E-state index is 13.7. The molecule has 3 aromatic rings. The van der Waals surface area contributed by atoms with Crippen LogP contribution in [-0.2, 0) is 9.59 Å². The normalized spacial score (nSPS) is 20.8. The fourth-order valence-electron chi connectivity index (χ4n) is 5.18. The van der Waals surface area contributed by atoms with E-state index in [4.69, 9.17) is 27.9 Å². The monoisotopic (exact) mass is 779 g/mol. The first kappa shape index (κ1) is 32.7. The second-order valence-electron chi connectivity index (χ2n) is 10.3. The minimum absolute atomic E-state index is 0.0660. The van der Waals surface area contributed by atoms with Gasteiger partial charge in [0.05, 0.1) is 27.3 Å². The number of carbonyl (C=O) groups is 5. The van der Waals surface area contributed by atoms with Gasteiger partial charge in [0, 0.05) is 37.9 Å². The predicted octanol–water partition coefficient (Wildman–Crippen LogP) is 6.28. The molecule has 0 unspecified atom stereocenters. The van der Waals surface area contributed by atoms with Crippen molar-refractivity contribution in [3.05, 3.63) is 104 Å². The number of amides is 3. The number of non-ortho nitro benzene ring substituents is 1. The van der Waals surface area contributed by atoms with Gasteiger partial charge in [-0.15, -0.1) is 0 Å². The summed E-state index contributed by atoms with van der Waals surface area (Å²) in [6, 6.07) is 14.4. The Bertz CT molecular complexity index is 1690. The average molecular weight is 782 g/mol. The largest absolute Gasteiger partial charge is 0.423 e. The minimum atomic E-state index is -0.866. The number of nitro benzene ring substituents is 1. The molecule has 2 aliphatic rings. The van der Waals surface area contributed by atoms with Crippen molar-refractivity contribution in [2.24, 2.45) is 11.8 Å². The summed E-state index contributed by atoms with van der Waals surface area (Å²) in [5.41, 5.74) is -0.152. The summed E-state index contributed by atoms with van der Waals surface area (Å²) in [5, 5.41) is 13.1. The number of esters is 1. The summed E-state index contributed by atoms with van der Waals surface area (Å²) in [7, 11) is 0. The SMILES string of the molecule is O=C(CN(C(=O)c1ccc([N+](=O)[O-])cc1)N1C(=O)[C@@H]2C[C@H](Br)[C@@H](Br)C[C@H]2C1=O)c1ccc(OC(=O)c2ccc(Cl)cc2Cl)cc1. The van der Waals surface area contributed by atoms with Gasteiger partial charge in [0.15, 0.2) is 5.78 Å². The third-order valence-corrected chi connectivity index (χ3v) is 10.8. The van der Waals surface area contributed by atoms with Crippen molar-refractivity contribution in [3.8, 4) is 5.75 Å². The van der Waals surface area contributed by atoms with Crippen molar-refractivity contribution in [2.45, 2.75) is 22.5 Å². The summed E-state index contributed by atoms with van der Waals surface area (Å²) >= 11 is 19.0. The molecule has 0 spiro atoms. The molecule has 0 bridgehead atoms. The molecule has 0 radical (unpaired) electrons. The fraction of sp³-hybridized carbons (Fsp3) is 0.233. The number of alkyl halides is 2. The summed E-state index contributed by atoms with van der Waals surface area (Å²) in [5.74, 6) is -4.75. The molecular formula is C30H21Br2Cl2N3O8. The molecule has 0 N–H and O–H groups in total. The second kappa shape index (κ2) is 13.4. The smallest absolute Gasteiger partial charge is 0.345 e. The number of hydrazine groups is 1. The Morgan fingerprint density at radius 1 is 0.889 bits per heavy atom. The molecule has 45 heavy (non-hydrogen) atoms. The number of fused-ring (bicyclic) bond motifs is 1. The Morgan fingerprint density at radius 3 is 1.98 bits per heavy atom. The van der Waals surface area contributed by atoms with E-state index < -0.39 is 52.8 Å². The van der Waals surface area contributed by atoms with Crippen LogP contribution in [0.5, 0.6) is 5.75 Å². The highest BCUT2D eigenvalue weighted by atomic mass is 79.9. The van der Waals surface area contributed by atoms with Crippen molar-refractivity contribution < 1.29 is 33.6 Å². The molecule has 2 fully saturated rings. The Kier molecular flexibility index (Phi) is 9.73. The number of ketones is 1. The van der Waals surface area contributed by atoms with Crippen molar-refractivity contribution in [2.75, 3.05) is 6.54 Å². The molecule has 11 nitrogen and oxygen atoms in total. The van der Waals surface area contributed by atoms with E-state index in [9.17, 15) is 34.1 Å². The molecule has 3 amide bonds. The van der Waals surface area contributed by atoms with Crippen LogP contribution in [0.15, 0.2) is 66.7 Å². The number of ether oxygens (including phenoxy) is 1. The van der Waals surface area contributed by atoms with E-state index in [0.29, 0.717) is 17.9 Å². The molecule has 3 aromatic carbocycles. The molecule has 232 valence electrons. The Morgan fingerprint density at radius 2 is 1.44 bits per heavy atom. The zero-order chi connectivity index (χ0) is 32.6. The highest BCUT2D eigenvalue weighted by molar-refractivity contribution is 9.12. The first-order valence-corrected chi connectivity index (χ1v) is 16.0. The van der Waals surface area contributed by atoms with Gasteiger partial charge >= 0.3 is 5.97 Å². The highest BCUT2D eigenvalue weighted by Crippen LogP contribution is 2.43. The van der Waals surface area contributed by atoms with Gasteiger partial charge in [-0.1, -0.05) is 55.1 Å². The lowest BCUT2D eigenvalue weighted by molar-refractivity contribution is -0.384. The van der Waals surface area contributed by atoms with Gasteiger partial charge in [-0.2, -0.15) is 5.01 Å². The summed E-state index contributed by atoms with van der Waals surface area (Å²) < 4.78 is 5.34. The van der Waals surface area contributed by atoms with Gasteiger partial charge in [-0.05, 0) is 67.4 Å². The quantitative estimate of drug-likeness (QED) is 0.0494. The minimum Gasteiger partial charge on any atom is -0.423 e. The molecule has 5 rings (SSSR count). The summed E-state index contributed by atoms with van der Waals surface area (Å²) in [4.78, 5) is 77.2. The highest BCUT2D eigenvalue weighted by Gasteiger charge is 2.54. The van der Waals surface area contributed by atoms with Crippen molar-refractivity contribution in [1.82, 2.24) is 10.0 Å². The van der Waals surface area contributed by atoms with E-state index in [1.807, 2.05) is 0 Å². The first-order chi connectivity index (χ1) is 21.3. The van der Waals surface area contributed by atoms with E-state index in [-0.39, 0.29) is 42.8 Å². The number of hydrogen-bond donors (Lipinski definition) is 0. The third-order valence-electron chi connectivity index (χ3n) is 7.52. The van der Waals surface area contributed by atoms with Crippen LogP contribution in [0.3, 0.4) is 0 Å². The number of rotatable bonds is 8. The number of Topliss-reactive ketones (excluding diaryl/α,β-unsaturated/α-hetero) is 1. The molecule has 1 heterocycles. The number of carbonyl (C=O) groups excluding carboxylic acids is 5. The molecule has 15 heteroatoms. The second-order valence-corrected chi connectivity index (χ2v) is 13.5. The number of imide groups is 1. The van der Waals surface area contributed by atoms with Gasteiger partial charge < -0.3 is 4.74 Å². The molecule has 1 aliphatic carbocycles. The Hall–Kier alpha value is -3.65. The van der Waals surface area contributed by atoms with E-state index in [1.165, 1.54) is 54.6 Å². The van der Waals surface area contributed by atoms with Crippen LogP contribution in [0.4, 0.5) is 5.69 Å². The van der Waals surface area contributed by atoms with Crippen LogP contribution in [0.25, 0.3) is 0 Å². The van der Waals surface area contributed by atoms with Crippen molar-refractivity contribution in [3.63, 3.8) is 0 Å². The van der Waals surface area contributed by atoms with E-state index in [2.05, 4.69) is 31.9 Å². The zero-order valence-electron chi connectivity index (χ0n) is 22.9. The van der Waals surface area contributed by atoms with Crippen LogP contribution in [0, 0.1) is 22.0 Å². The number of hydrogen-bond acceptors (Lipinski definition) is 8. The number of nitro groups is 1. The standard InChI is InChI=1S/C30H21Br2Cl2N3O8/c31-23-12-21-22(13-24(23)32)29(41)36(28(21)40)35(27(39)16-1-6-18(7-2-16)37(43)44)14-26(38)15-3-8-19(9-4-15)45-30(42)20-10-5-17(33)11-25(20)34/h1-11,21-24H,12-14H2/t21-,22-,23+,24+/m1/s1. The Labute approximate surface area is 282 Å². The molecule has 1 saturated heterocycles. The van der Waals surface area contributed by atoms with E-state index in [0.717, 1.165) is 22.2 Å². The number of nitrogens with zero attached hydrogens (tertiary/aromatic N) is 3. The number of halogens is 4. The molecule has 4 atom stereocenters.